The molecule has 0 aliphatic carbocycles. The van der Waals surface area contributed by atoms with Gasteiger partial charge in [0.05, 0.1) is 5.69 Å². The third kappa shape index (κ3) is 2.82. The number of pyridine rings is 1. The van der Waals surface area contributed by atoms with Crippen LogP contribution in [0, 0.1) is 0 Å². The van der Waals surface area contributed by atoms with Gasteiger partial charge in [0.2, 0.25) is 0 Å². The van der Waals surface area contributed by atoms with Crippen LogP contribution in [0.1, 0.15) is 15.2 Å². The lowest BCUT2D eigenvalue weighted by molar-refractivity contribution is 0.0959. The highest BCUT2D eigenvalue weighted by molar-refractivity contribution is 7.21. The van der Waals surface area contributed by atoms with Crippen molar-refractivity contribution in [2.45, 2.75) is 6.42 Å². The van der Waals surface area contributed by atoms with E-state index < -0.39 is 0 Å². The van der Waals surface area contributed by atoms with Crippen LogP contribution in [0.25, 0.3) is 10.3 Å². The summed E-state index contributed by atoms with van der Waals surface area (Å²) in [5.74, 6) is -0.193. The van der Waals surface area contributed by atoms with Crippen LogP contribution in [0.5, 0.6) is 0 Å². The minimum absolute atomic E-state index is 0.193. The summed E-state index contributed by atoms with van der Waals surface area (Å²) in [4.78, 5) is 25.7. The second-order valence-corrected chi connectivity index (χ2v) is 5.42. The number of hydrogen-bond donors (Lipinski definition) is 2. The molecule has 0 aliphatic heterocycles. The minimum Gasteiger partial charge on any atom is -0.396 e. The Morgan fingerprint density at radius 3 is 2.90 bits per heavy atom. The largest absolute Gasteiger partial charge is 0.396 e. The Morgan fingerprint density at radius 1 is 1.29 bits per heavy atom. The highest BCUT2D eigenvalue weighted by Crippen LogP contribution is 2.30. The molecule has 3 heterocycles. The molecule has 0 aliphatic rings. The van der Waals surface area contributed by atoms with Gasteiger partial charge < -0.3 is 11.1 Å². The van der Waals surface area contributed by atoms with Gasteiger partial charge in [0.1, 0.15) is 15.2 Å². The molecule has 0 fully saturated rings. The molecule has 0 bridgehead atoms. The van der Waals surface area contributed by atoms with Gasteiger partial charge in [-0.05, 0) is 18.1 Å². The van der Waals surface area contributed by atoms with E-state index in [0.29, 0.717) is 27.5 Å². The van der Waals surface area contributed by atoms with Gasteiger partial charge in [0, 0.05) is 31.3 Å². The van der Waals surface area contributed by atoms with E-state index in [1.165, 1.54) is 11.3 Å². The number of nitrogens with zero attached hydrogens (tertiary/aromatic N) is 3. The zero-order valence-electron chi connectivity index (χ0n) is 11.1. The topological polar surface area (TPSA) is 93.8 Å². The van der Waals surface area contributed by atoms with E-state index >= 15 is 0 Å². The van der Waals surface area contributed by atoms with Crippen molar-refractivity contribution in [1.29, 1.82) is 0 Å². The van der Waals surface area contributed by atoms with Gasteiger partial charge in [-0.3, -0.25) is 9.78 Å². The molecule has 1 amide bonds. The number of amides is 1. The van der Waals surface area contributed by atoms with E-state index in [4.69, 9.17) is 5.73 Å². The standard InChI is InChI=1S/C14H13N5OS/c15-10-11-14(19-7-6-17-11)21-12(10)13(20)18-5-3-9-2-1-4-16-8-9/h1-2,4,6-8H,3,5,15H2,(H,18,20). The van der Waals surface area contributed by atoms with Gasteiger partial charge in [-0.15, -0.1) is 11.3 Å². The summed E-state index contributed by atoms with van der Waals surface area (Å²) in [5.41, 5.74) is 8.01. The van der Waals surface area contributed by atoms with Gasteiger partial charge in [0.25, 0.3) is 5.91 Å². The fourth-order valence-electron chi connectivity index (χ4n) is 1.96. The molecule has 0 radical (unpaired) electrons. The van der Waals surface area contributed by atoms with Crippen LogP contribution in [0.3, 0.4) is 0 Å². The van der Waals surface area contributed by atoms with Crippen LogP contribution in [0.2, 0.25) is 0 Å². The van der Waals surface area contributed by atoms with Crippen LogP contribution >= 0.6 is 11.3 Å². The number of fused-ring (bicyclic) bond motifs is 1. The van der Waals surface area contributed by atoms with E-state index in [2.05, 4.69) is 20.3 Å². The molecule has 6 nitrogen and oxygen atoms in total. The summed E-state index contributed by atoms with van der Waals surface area (Å²) in [6.07, 6.45) is 7.38. The minimum atomic E-state index is -0.193. The predicted molar refractivity (Wildman–Crippen MR) is 82.1 cm³/mol. The number of rotatable bonds is 4. The summed E-state index contributed by atoms with van der Waals surface area (Å²) < 4.78 is 0. The Kier molecular flexibility index (Phi) is 3.74. The van der Waals surface area contributed by atoms with Crippen molar-refractivity contribution in [3.05, 3.63) is 47.4 Å². The monoisotopic (exact) mass is 299 g/mol. The fourth-order valence-corrected chi connectivity index (χ4v) is 2.90. The quantitative estimate of drug-likeness (QED) is 0.764. The lowest BCUT2D eigenvalue weighted by Gasteiger charge is -2.04. The van der Waals surface area contributed by atoms with E-state index in [1.807, 2.05) is 12.1 Å². The van der Waals surface area contributed by atoms with Crippen LogP contribution in [-0.4, -0.2) is 27.4 Å². The lowest BCUT2D eigenvalue weighted by Crippen LogP contribution is -2.25. The van der Waals surface area contributed by atoms with Crippen molar-refractivity contribution in [3.63, 3.8) is 0 Å². The molecule has 0 spiro atoms. The van der Waals surface area contributed by atoms with Crippen molar-refractivity contribution in [1.82, 2.24) is 20.3 Å². The summed E-state index contributed by atoms with van der Waals surface area (Å²) in [5, 5.41) is 2.86. The average molecular weight is 299 g/mol. The van der Waals surface area contributed by atoms with Gasteiger partial charge in [0.15, 0.2) is 0 Å². The van der Waals surface area contributed by atoms with Crippen LogP contribution in [0.4, 0.5) is 5.69 Å². The van der Waals surface area contributed by atoms with Crippen LogP contribution in [-0.2, 0) is 6.42 Å². The number of carbonyl (C=O) groups excluding carboxylic acids is 1. The highest BCUT2D eigenvalue weighted by atomic mass is 32.1. The SMILES string of the molecule is Nc1c(C(=O)NCCc2cccnc2)sc2nccnc12. The molecule has 0 aromatic carbocycles. The van der Waals surface area contributed by atoms with E-state index in [-0.39, 0.29) is 5.91 Å². The third-order valence-corrected chi connectivity index (χ3v) is 4.09. The number of carbonyl (C=O) groups is 1. The molecule has 0 saturated carbocycles. The lowest BCUT2D eigenvalue weighted by atomic mass is 10.2. The normalized spacial score (nSPS) is 10.7. The van der Waals surface area contributed by atoms with Gasteiger partial charge in [-0.25, -0.2) is 9.97 Å². The number of nitrogen functional groups attached to an aromatic ring is 1. The summed E-state index contributed by atoms with van der Waals surface area (Å²) in [6.45, 7) is 0.527. The maximum Gasteiger partial charge on any atom is 0.263 e. The number of anilines is 1. The Labute approximate surface area is 125 Å². The van der Waals surface area contributed by atoms with Crippen molar-refractivity contribution >= 4 is 33.3 Å². The second kappa shape index (κ2) is 5.84. The molecule has 7 heteroatoms. The number of thiophene rings is 1. The Hall–Kier alpha value is -2.54. The van der Waals surface area contributed by atoms with Crippen molar-refractivity contribution in [2.75, 3.05) is 12.3 Å². The van der Waals surface area contributed by atoms with Gasteiger partial charge in [-0.2, -0.15) is 0 Å². The maximum absolute atomic E-state index is 12.2. The summed E-state index contributed by atoms with van der Waals surface area (Å²) in [7, 11) is 0. The molecule has 21 heavy (non-hydrogen) atoms. The molecular weight excluding hydrogens is 286 g/mol. The zero-order chi connectivity index (χ0) is 14.7. The highest BCUT2D eigenvalue weighted by Gasteiger charge is 2.17. The molecule has 0 saturated heterocycles. The molecule has 3 rings (SSSR count). The first-order valence-corrected chi connectivity index (χ1v) is 7.23. The number of hydrogen-bond acceptors (Lipinski definition) is 6. The van der Waals surface area contributed by atoms with Crippen molar-refractivity contribution in [3.8, 4) is 0 Å². The molecule has 0 atom stereocenters. The number of nitrogens with two attached hydrogens (primary N) is 1. The van der Waals surface area contributed by atoms with Gasteiger partial charge in [-0.1, -0.05) is 6.07 Å². The smallest absolute Gasteiger partial charge is 0.263 e. The summed E-state index contributed by atoms with van der Waals surface area (Å²) >= 11 is 1.26. The predicted octanol–water partition coefficient (Wildman–Crippen LogP) is 1.64. The molecule has 3 N–H and O–H groups in total. The molecule has 3 aromatic heterocycles. The first-order chi connectivity index (χ1) is 10.3. The van der Waals surface area contributed by atoms with Crippen molar-refractivity contribution in [2.24, 2.45) is 0 Å². The average Bonchev–Trinajstić information content (AvgIpc) is 2.86. The molecule has 106 valence electrons. The first-order valence-electron chi connectivity index (χ1n) is 6.42. The molecule has 3 aromatic rings. The zero-order valence-corrected chi connectivity index (χ0v) is 11.9. The van der Waals surface area contributed by atoms with Crippen LogP contribution < -0.4 is 11.1 Å². The van der Waals surface area contributed by atoms with E-state index in [0.717, 1.165) is 12.0 Å². The summed E-state index contributed by atoms with van der Waals surface area (Å²) in [6, 6.07) is 3.85. The third-order valence-electron chi connectivity index (χ3n) is 2.99. The van der Waals surface area contributed by atoms with Gasteiger partial charge >= 0.3 is 0 Å². The van der Waals surface area contributed by atoms with Crippen LogP contribution in [0.15, 0.2) is 36.9 Å². The van der Waals surface area contributed by atoms with Crippen molar-refractivity contribution < 1.29 is 4.79 Å². The second-order valence-electron chi connectivity index (χ2n) is 4.42. The fraction of sp³-hybridized carbons (Fsp3) is 0.143. The number of nitrogens with one attached hydrogen (secondary N) is 1. The molecule has 0 unspecified atom stereocenters. The van der Waals surface area contributed by atoms with E-state index in [9.17, 15) is 4.79 Å². The first kappa shape index (κ1) is 13.4. The molecular formula is C14H13N5OS. The Balaban J connectivity index is 1.68. The Morgan fingerprint density at radius 2 is 2.14 bits per heavy atom. The number of aromatic nitrogens is 3. The maximum atomic E-state index is 12.2. The Bertz CT molecular complexity index is 771. The van der Waals surface area contributed by atoms with E-state index in [1.54, 1.807) is 24.8 Å².